The molecule has 2 aromatic rings. The van der Waals surface area contributed by atoms with Gasteiger partial charge in [0.15, 0.2) is 5.96 Å². The normalized spacial score (nSPS) is 17.8. The topological polar surface area (TPSA) is 69.8 Å². The molecule has 3 N–H and O–H groups in total. The van der Waals surface area contributed by atoms with Crippen molar-refractivity contribution in [1.82, 2.24) is 9.88 Å². The molecule has 1 aliphatic carbocycles. The highest BCUT2D eigenvalue weighted by molar-refractivity contribution is 5.92. The van der Waals surface area contributed by atoms with E-state index in [0.29, 0.717) is 12.5 Å². The van der Waals surface area contributed by atoms with Crippen molar-refractivity contribution in [3.63, 3.8) is 0 Å². The van der Waals surface area contributed by atoms with Crippen LogP contribution in [-0.2, 0) is 19.4 Å². The van der Waals surface area contributed by atoms with Crippen LogP contribution in [0.15, 0.2) is 41.5 Å². The average molecular weight is 364 g/mol. The molecule has 142 valence electrons. The van der Waals surface area contributed by atoms with Gasteiger partial charge in [-0.25, -0.2) is 9.98 Å². The fourth-order valence-electron chi connectivity index (χ4n) is 3.75. The summed E-state index contributed by atoms with van der Waals surface area (Å²) in [5.41, 5.74) is 11.0. The minimum absolute atomic E-state index is 0.441. The van der Waals surface area contributed by atoms with Crippen LogP contribution in [-0.4, -0.2) is 49.1 Å². The molecule has 1 aliphatic heterocycles. The number of fused-ring (bicyclic) bond motifs is 1. The third-order valence-corrected chi connectivity index (χ3v) is 5.44. The first-order chi connectivity index (χ1) is 13.2. The monoisotopic (exact) mass is 364 g/mol. The Bertz CT molecular complexity index is 806. The van der Waals surface area contributed by atoms with Gasteiger partial charge in [0.1, 0.15) is 5.82 Å². The van der Waals surface area contributed by atoms with Crippen molar-refractivity contribution in [2.24, 2.45) is 10.7 Å². The number of nitrogens with one attached hydrogen (secondary N) is 1. The van der Waals surface area contributed by atoms with Crippen LogP contribution in [0.1, 0.15) is 23.1 Å². The minimum Gasteiger partial charge on any atom is -0.370 e. The highest BCUT2D eigenvalue weighted by Gasteiger charge is 2.15. The first-order valence-corrected chi connectivity index (χ1v) is 9.74. The van der Waals surface area contributed by atoms with Crippen molar-refractivity contribution in [2.75, 3.05) is 43.4 Å². The number of aryl methyl sites for hydroxylation is 2. The Morgan fingerprint density at radius 3 is 2.70 bits per heavy atom. The quantitative estimate of drug-likeness (QED) is 0.643. The predicted octanol–water partition coefficient (Wildman–Crippen LogP) is 2.25. The van der Waals surface area contributed by atoms with Crippen molar-refractivity contribution < 1.29 is 0 Å². The lowest BCUT2D eigenvalue weighted by atomic mass is 10.1. The van der Waals surface area contributed by atoms with Crippen molar-refractivity contribution >= 4 is 17.5 Å². The molecule has 6 heteroatoms. The maximum Gasteiger partial charge on any atom is 0.193 e. The smallest absolute Gasteiger partial charge is 0.193 e. The summed E-state index contributed by atoms with van der Waals surface area (Å²) in [5, 5.41) is 3.20. The predicted molar refractivity (Wildman–Crippen MR) is 111 cm³/mol. The number of likely N-dealkylation sites (N-methyl/N-ethyl adjacent to an activating group) is 1. The first-order valence-electron chi connectivity index (χ1n) is 9.74. The van der Waals surface area contributed by atoms with Crippen LogP contribution < -0.4 is 16.0 Å². The molecule has 0 bridgehead atoms. The van der Waals surface area contributed by atoms with Gasteiger partial charge in [0.05, 0.1) is 6.54 Å². The van der Waals surface area contributed by atoms with E-state index in [1.807, 2.05) is 6.20 Å². The van der Waals surface area contributed by atoms with Crippen LogP contribution in [0.3, 0.4) is 0 Å². The number of aliphatic imine (C=N–C) groups is 1. The average Bonchev–Trinajstić information content (AvgIpc) is 3.15. The number of hydrogen-bond acceptors (Lipinski definition) is 4. The summed E-state index contributed by atoms with van der Waals surface area (Å²) >= 11 is 0. The SMILES string of the molecule is CN1CCN(c2ccc(CN=C(N)Nc3ccc4c(c3)CCC4)cn2)CC1. The second-order valence-electron chi connectivity index (χ2n) is 7.48. The molecule has 0 spiro atoms. The van der Waals surface area contributed by atoms with Crippen LogP contribution >= 0.6 is 0 Å². The van der Waals surface area contributed by atoms with Gasteiger partial charge in [-0.3, -0.25) is 0 Å². The van der Waals surface area contributed by atoms with Gasteiger partial charge in [0.2, 0.25) is 0 Å². The van der Waals surface area contributed by atoms with E-state index in [9.17, 15) is 0 Å². The molecule has 1 saturated heterocycles. The third-order valence-electron chi connectivity index (χ3n) is 5.44. The van der Waals surface area contributed by atoms with Gasteiger partial charge >= 0.3 is 0 Å². The van der Waals surface area contributed by atoms with Crippen LogP contribution in [0, 0.1) is 0 Å². The molecule has 0 radical (unpaired) electrons. The Labute approximate surface area is 161 Å². The van der Waals surface area contributed by atoms with Crippen molar-refractivity contribution in [2.45, 2.75) is 25.8 Å². The van der Waals surface area contributed by atoms with Crippen molar-refractivity contribution in [1.29, 1.82) is 0 Å². The van der Waals surface area contributed by atoms with E-state index >= 15 is 0 Å². The van der Waals surface area contributed by atoms with Gasteiger partial charge in [-0.1, -0.05) is 12.1 Å². The Morgan fingerprint density at radius 2 is 1.93 bits per heavy atom. The molecule has 1 aromatic heterocycles. The number of nitrogens with zero attached hydrogens (tertiary/aromatic N) is 4. The minimum atomic E-state index is 0.441. The molecular formula is C21H28N6. The Morgan fingerprint density at radius 1 is 1.11 bits per heavy atom. The second-order valence-corrected chi connectivity index (χ2v) is 7.48. The fraction of sp³-hybridized carbons (Fsp3) is 0.429. The molecule has 0 saturated carbocycles. The lowest BCUT2D eigenvalue weighted by Gasteiger charge is -2.33. The molecule has 6 nitrogen and oxygen atoms in total. The number of pyridine rings is 1. The fourth-order valence-corrected chi connectivity index (χ4v) is 3.75. The van der Waals surface area contributed by atoms with Crippen LogP contribution in [0.4, 0.5) is 11.5 Å². The number of hydrogen-bond donors (Lipinski definition) is 2. The largest absolute Gasteiger partial charge is 0.370 e. The zero-order valence-electron chi connectivity index (χ0n) is 16.0. The molecule has 27 heavy (non-hydrogen) atoms. The van der Waals surface area contributed by atoms with Gasteiger partial charge in [0, 0.05) is 38.1 Å². The molecular weight excluding hydrogens is 336 g/mol. The zero-order chi connectivity index (χ0) is 18.6. The standard InChI is InChI=1S/C21H28N6/c1-26-9-11-27(12-10-26)20-8-5-16(14-23-20)15-24-21(22)25-19-7-6-17-3-2-4-18(17)13-19/h5-8,13-14H,2-4,9-12,15H2,1H3,(H3,22,24,25). The van der Waals surface area contributed by atoms with Crippen LogP contribution in [0.5, 0.6) is 0 Å². The summed E-state index contributed by atoms with van der Waals surface area (Å²) in [7, 11) is 2.16. The number of rotatable bonds is 4. The number of nitrogens with two attached hydrogens (primary N) is 1. The Balaban J connectivity index is 1.33. The van der Waals surface area contributed by atoms with E-state index in [1.54, 1.807) is 0 Å². The van der Waals surface area contributed by atoms with E-state index in [4.69, 9.17) is 5.73 Å². The second kappa shape index (κ2) is 7.96. The lowest BCUT2D eigenvalue weighted by Crippen LogP contribution is -2.44. The maximum absolute atomic E-state index is 6.06. The number of benzene rings is 1. The molecule has 1 aromatic carbocycles. The third kappa shape index (κ3) is 4.39. The molecule has 2 aliphatic rings. The van der Waals surface area contributed by atoms with Gasteiger partial charge < -0.3 is 20.9 Å². The van der Waals surface area contributed by atoms with E-state index < -0.39 is 0 Å². The lowest BCUT2D eigenvalue weighted by molar-refractivity contribution is 0.312. The summed E-state index contributed by atoms with van der Waals surface area (Å²) in [5.74, 6) is 1.48. The Hall–Kier alpha value is -2.60. The van der Waals surface area contributed by atoms with E-state index in [2.05, 4.69) is 62.5 Å². The Kier molecular flexibility index (Phi) is 5.25. The van der Waals surface area contributed by atoms with Crippen LogP contribution in [0.25, 0.3) is 0 Å². The maximum atomic E-state index is 6.06. The van der Waals surface area contributed by atoms with E-state index in [-0.39, 0.29) is 0 Å². The summed E-state index contributed by atoms with van der Waals surface area (Å²) in [6, 6.07) is 10.6. The van der Waals surface area contributed by atoms with Gasteiger partial charge in [-0.15, -0.1) is 0 Å². The molecule has 0 amide bonds. The summed E-state index contributed by atoms with van der Waals surface area (Å²) < 4.78 is 0. The van der Waals surface area contributed by atoms with Gasteiger partial charge in [-0.2, -0.15) is 0 Å². The zero-order valence-corrected chi connectivity index (χ0v) is 16.0. The number of piperazine rings is 1. The molecule has 2 heterocycles. The van der Waals surface area contributed by atoms with Gasteiger partial charge in [-0.05, 0) is 61.2 Å². The summed E-state index contributed by atoms with van der Waals surface area (Å²) in [6.07, 6.45) is 5.50. The molecule has 4 rings (SSSR count). The summed E-state index contributed by atoms with van der Waals surface area (Å²) in [4.78, 5) is 13.7. The molecule has 0 atom stereocenters. The molecule has 0 unspecified atom stereocenters. The number of guanidine groups is 1. The number of aromatic nitrogens is 1. The van der Waals surface area contributed by atoms with E-state index in [1.165, 1.54) is 24.0 Å². The summed E-state index contributed by atoms with van der Waals surface area (Å²) in [6.45, 7) is 4.74. The van der Waals surface area contributed by atoms with Crippen molar-refractivity contribution in [3.8, 4) is 0 Å². The van der Waals surface area contributed by atoms with Crippen molar-refractivity contribution in [3.05, 3.63) is 53.2 Å². The highest BCUT2D eigenvalue weighted by Crippen LogP contribution is 2.24. The highest BCUT2D eigenvalue weighted by atomic mass is 15.3. The number of anilines is 2. The van der Waals surface area contributed by atoms with Gasteiger partial charge in [0.25, 0.3) is 0 Å². The first kappa shape index (κ1) is 17.8. The molecule has 1 fully saturated rings. The van der Waals surface area contributed by atoms with Crippen LogP contribution in [0.2, 0.25) is 0 Å². The van der Waals surface area contributed by atoms with E-state index in [0.717, 1.165) is 49.7 Å².